The minimum atomic E-state index is 0.0300. The van der Waals surface area contributed by atoms with Gasteiger partial charge in [0.15, 0.2) is 5.78 Å². The number of rotatable bonds is 7. The molecule has 0 atom stereocenters. The fraction of sp³-hybridized carbons (Fsp3) is 0.571. The molecular formula is C14H23N3O2. The Morgan fingerprint density at radius 1 is 1.21 bits per heavy atom. The van der Waals surface area contributed by atoms with E-state index in [0.717, 1.165) is 0 Å². The molecule has 0 N–H and O–H groups in total. The number of carbonyl (C=O) groups is 2. The van der Waals surface area contributed by atoms with E-state index >= 15 is 0 Å². The summed E-state index contributed by atoms with van der Waals surface area (Å²) in [5, 5.41) is 0. The number of hydrogen-bond acceptors (Lipinski definition) is 3. The molecule has 1 heterocycles. The molecule has 0 radical (unpaired) electrons. The van der Waals surface area contributed by atoms with E-state index in [1.807, 2.05) is 33.2 Å². The molecule has 0 saturated carbocycles. The number of likely N-dealkylation sites (N-methyl/N-ethyl adjacent to an activating group) is 2. The average molecular weight is 265 g/mol. The van der Waals surface area contributed by atoms with Crippen molar-refractivity contribution in [3.05, 3.63) is 24.0 Å². The van der Waals surface area contributed by atoms with Crippen LogP contribution in [0.15, 0.2) is 18.3 Å². The molecule has 0 unspecified atom stereocenters. The van der Waals surface area contributed by atoms with E-state index in [1.54, 1.807) is 27.5 Å². The van der Waals surface area contributed by atoms with Crippen molar-refractivity contribution in [1.29, 1.82) is 0 Å². The Balaban J connectivity index is 2.52. The smallest absolute Gasteiger partial charge is 0.236 e. The maximum absolute atomic E-state index is 12.0. The molecule has 5 heteroatoms. The van der Waals surface area contributed by atoms with Crippen LogP contribution >= 0.6 is 0 Å². The number of aromatic nitrogens is 1. The van der Waals surface area contributed by atoms with Gasteiger partial charge in [-0.2, -0.15) is 0 Å². The zero-order valence-electron chi connectivity index (χ0n) is 12.2. The molecule has 0 aromatic carbocycles. The summed E-state index contributed by atoms with van der Waals surface area (Å²) in [4.78, 5) is 27.5. The summed E-state index contributed by atoms with van der Waals surface area (Å²) in [6.07, 6.45) is 1.84. The zero-order chi connectivity index (χ0) is 14.4. The summed E-state index contributed by atoms with van der Waals surface area (Å²) < 4.78 is 1.79. The van der Waals surface area contributed by atoms with Gasteiger partial charge in [-0.3, -0.25) is 14.5 Å². The SMILES string of the molecule is CCN(CC)C(=O)CN(C)CC(=O)c1cccn1C. The molecule has 0 fully saturated rings. The van der Waals surface area contributed by atoms with Crippen LogP contribution in [0.2, 0.25) is 0 Å². The van der Waals surface area contributed by atoms with Crippen molar-refractivity contribution in [1.82, 2.24) is 14.4 Å². The Labute approximate surface area is 114 Å². The van der Waals surface area contributed by atoms with E-state index in [2.05, 4.69) is 0 Å². The van der Waals surface area contributed by atoms with Gasteiger partial charge in [0.05, 0.1) is 18.8 Å². The van der Waals surface area contributed by atoms with E-state index in [0.29, 0.717) is 18.8 Å². The first-order chi connectivity index (χ1) is 8.99. The van der Waals surface area contributed by atoms with Crippen molar-refractivity contribution in [2.45, 2.75) is 13.8 Å². The van der Waals surface area contributed by atoms with Crippen LogP contribution in [-0.2, 0) is 11.8 Å². The van der Waals surface area contributed by atoms with E-state index in [9.17, 15) is 9.59 Å². The monoisotopic (exact) mass is 265 g/mol. The lowest BCUT2D eigenvalue weighted by molar-refractivity contribution is -0.131. The molecular weight excluding hydrogens is 242 g/mol. The quantitative estimate of drug-likeness (QED) is 0.691. The third-order valence-corrected chi connectivity index (χ3v) is 3.16. The molecule has 1 amide bonds. The second kappa shape index (κ2) is 7.09. The topological polar surface area (TPSA) is 45.6 Å². The molecule has 1 aromatic heterocycles. The van der Waals surface area contributed by atoms with Crippen molar-refractivity contribution in [2.75, 3.05) is 33.2 Å². The van der Waals surface area contributed by atoms with Crippen LogP contribution < -0.4 is 0 Å². The second-order valence-electron chi connectivity index (χ2n) is 4.67. The van der Waals surface area contributed by atoms with Gasteiger partial charge in [-0.1, -0.05) is 0 Å². The zero-order valence-corrected chi connectivity index (χ0v) is 12.2. The van der Waals surface area contributed by atoms with Gasteiger partial charge < -0.3 is 9.47 Å². The number of ketones is 1. The van der Waals surface area contributed by atoms with Gasteiger partial charge in [0.1, 0.15) is 0 Å². The van der Waals surface area contributed by atoms with Crippen molar-refractivity contribution in [3.8, 4) is 0 Å². The lowest BCUT2D eigenvalue weighted by Crippen LogP contribution is -2.40. The molecule has 19 heavy (non-hydrogen) atoms. The molecule has 0 aliphatic heterocycles. The summed E-state index contributed by atoms with van der Waals surface area (Å²) >= 11 is 0. The Kier molecular flexibility index (Phi) is 5.76. The normalized spacial score (nSPS) is 10.8. The van der Waals surface area contributed by atoms with Crippen molar-refractivity contribution < 1.29 is 9.59 Å². The number of carbonyl (C=O) groups excluding carboxylic acids is 2. The molecule has 106 valence electrons. The van der Waals surface area contributed by atoms with E-state index in [-0.39, 0.29) is 24.8 Å². The van der Waals surface area contributed by atoms with Gasteiger partial charge in [0.25, 0.3) is 0 Å². The highest BCUT2D eigenvalue weighted by molar-refractivity contribution is 5.96. The first-order valence-electron chi connectivity index (χ1n) is 6.60. The minimum absolute atomic E-state index is 0.0300. The van der Waals surface area contributed by atoms with E-state index < -0.39 is 0 Å². The van der Waals surface area contributed by atoms with E-state index in [4.69, 9.17) is 0 Å². The van der Waals surface area contributed by atoms with Crippen LogP contribution in [0, 0.1) is 0 Å². The highest BCUT2D eigenvalue weighted by Crippen LogP contribution is 2.02. The Morgan fingerprint density at radius 2 is 1.84 bits per heavy atom. The third kappa shape index (κ3) is 4.21. The van der Waals surface area contributed by atoms with Crippen molar-refractivity contribution >= 4 is 11.7 Å². The maximum atomic E-state index is 12.0. The number of nitrogens with zero attached hydrogens (tertiary/aromatic N) is 3. The molecule has 0 aliphatic carbocycles. The average Bonchev–Trinajstić information content (AvgIpc) is 2.76. The molecule has 0 spiro atoms. The molecule has 1 rings (SSSR count). The summed E-state index contributed by atoms with van der Waals surface area (Å²) in [6.45, 7) is 5.85. The fourth-order valence-electron chi connectivity index (χ4n) is 2.04. The van der Waals surface area contributed by atoms with Crippen LogP contribution in [0.4, 0.5) is 0 Å². The third-order valence-electron chi connectivity index (χ3n) is 3.16. The van der Waals surface area contributed by atoms with Gasteiger partial charge in [-0.05, 0) is 33.0 Å². The van der Waals surface area contributed by atoms with E-state index in [1.165, 1.54) is 0 Å². The number of Topliss-reactive ketones (excluding diaryl/α,β-unsaturated/α-hetero) is 1. The predicted molar refractivity (Wildman–Crippen MR) is 75.2 cm³/mol. The lowest BCUT2D eigenvalue weighted by atomic mass is 10.2. The maximum Gasteiger partial charge on any atom is 0.236 e. The summed E-state index contributed by atoms with van der Waals surface area (Å²) in [6, 6.07) is 3.64. The van der Waals surface area contributed by atoms with Crippen LogP contribution in [-0.4, -0.2) is 59.3 Å². The highest BCUT2D eigenvalue weighted by atomic mass is 16.2. The Morgan fingerprint density at radius 3 is 2.32 bits per heavy atom. The fourth-order valence-corrected chi connectivity index (χ4v) is 2.04. The largest absolute Gasteiger partial charge is 0.348 e. The first kappa shape index (κ1) is 15.4. The van der Waals surface area contributed by atoms with Gasteiger partial charge >= 0.3 is 0 Å². The highest BCUT2D eigenvalue weighted by Gasteiger charge is 2.16. The number of aryl methyl sites for hydroxylation is 1. The van der Waals surface area contributed by atoms with Crippen molar-refractivity contribution in [3.63, 3.8) is 0 Å². The van der Waals surface area contributed by atoms with Gasteiger partial charge in [-0.25, -0.2) is 0 Å². The molecule has 0 bridgehead atoms. The summed E-state index contributed by atoms with van der Waals surface area (Å²) in [7, 11) is 3.64. The first-order valence-corrected chi connectivity index (χ1v) is 6.60. The number of amides is 1. The number of hydrogen-bond donors (Lipinski definition) is 0. The lowest BCUT2D eigenvalue weighted by Gasteiger charge is -2.22. The molecule has 0 aliphatic rings. The van der Waals surface area contributed by atoms with Gasteiger partial charge in [0, 0.05) is 26.3 Å². The van der Waals surface area contributed by atoms with Crippen LogP contribution in [0.3, 0.4) is 0 Å². The van der Waals surface area contributed by atoms with Gasteiger partial charge in [-0.15, -0.1) is 0 Å². The predicted octanol–water partition coefficient (Wildman–Crippen LogP) is 1.01. The Bertz CT molecular complexity index is 436. The summed E-state index contributed by atoms with van der Waals surface area (Å²) in [5.41, 5.74) is 0.669. The molecule has 0 saturated heterocycles. The van der Waals surface area contributed by atoms with Crippen LogP contribution in [0.25, 0.3) is 0 Å². The van der Waals surface area contributed by atoms with Crippen molar-refractivity contribution in [2.24, 2.45) is 7.05 Å². The second-order valence-corrected chi connectivity index (χ2v) is 4.67. The molecule has 5 nitrogen and oxygen atoms in total. The summed E-state index contributed by atoms with van der Waals surface area (Å²) in [5.74, 6) is 0.0922. The minimum Gasteiger partial charge on any atom is -0.348 e. The molecule has 1 aromatic rings. The standard InChI is InChI=1S/C14H23N3O2/c1-5-17(6-2)14(19)11-15(3)10-13(18)12-8-7-9-16(12)4/h7-9H,5-6,10-11H2,1-4H3. The van der Waals surface area contributed by atoms with Crippen LogP contribution in [0.1, 0.15) is 24.3 Å². The Hall–Kier alpha value is -1.62. The van der Waals surface area contributed by atoms with Gasteiger partial charge in [0.2, 0.25) is 5.91 Å². The van der Waals surface area contributed by atoms with Crippen LogP contribution in [0.5, 0.6) is 0 Å².